The van der Waals surface area contributed by atoms with E-state index in [1.807, 2.05) is 0 Å². The molecule has 1 spiro atoms. The highest BCUT2D eigenvalue weighted by Gasteiger charge is 2.54. The van der Waals surface area contributed by atoms with Crippen LogP contribution in [0.15, 0.2) is 152 Å². The van der Waals surface area contributed by atoms with Gasteiger partial charge in [0.25, 0.3) is 0 Å². The van der Waals surface area contributed by atoms with Crippen molar-refractivity contribution in [3.05, 3.63) is 196 Å². The number of fused-ring (bicyclic) bond motifs is 12. The molecule has 2 nitrogen and oxygen atoms in total. The molecule has 0 fully saturated rings. The number of ether oxygens (including phenoxy) is 1. The lowest BCUT2D eigenvalue weighted by Crippen LogP contribution is -2.27. The van der Waals surface area contributed by atoms with Crippen molar-refractivity contribution in [2.75, 3.05) is 4.90 Å². The lowest BCUT2D eigenvalue weighted by Gasteiger charge is -2.36. The lowest BCUT2D eigenvalue weighted by atomic mass is 9.71. The van der Waals surface area contributed by atoms with Crippen molar-refractivity contribution in [2.24, 2.45) is 0 Å². The van der Waals surface area contributed by atoms with Crippen molar-refractivity contribution in [1.82, 2.24) is 0 Å². The van der Waals surface area contributed by atoms with Gasteiger partial charge in [0.2, 0.25) is 0 Å². The van der Waals surface area contributed by atoms with Gasteiger partial charge in [-0.1, -0.05) is 145 Å². The second-order valence-electron chi connectivity index (χ2n) is 17.9. The molecule has 1 aliphatic heterocycles. The van der Waals surface area contributed by atoms with Crippen LogP contribution in [-0.4, -0.2) is 0 Å². The molecule has 0 N–H and O–H groups in total. The molecule has 7 aromatic carbocycles. The summed E-state index contributed by atoms with van der Waals surface area (Å²) in [4.78, 5) is 2.50. The first-order valence-corrected chi connectivity index (χ1v) is 19.8. The molecule has 0 saturated heterocycles. The van der Waals surface area contributed by atoms with Gasteiger partial charge in [-0.3, -0.25) is 0 Å². The summed E-state index contributed by atoms with van der Waals surface area (Å²) in [5, 5.41) is 0. The summed E-state index contributed by atoms with van der Waals surface area (Å²) in [6.45, 7) is 14.3. The van der Waals surface area contributed by atoms with E-state index < -0.39 is 0 Å². The van der Waals surface area contributed by atoms with E-state index in [4.69, 9.17) is 4.74 Å². The van der Waals surface area contributed by atoms with E-state index in [-0.39, 0.29) is 21.7 Å². The maximum atomic E-state index is 6.58. The van der Waals surface area contributed by atoms with Gasteiger partial charge in [-0.15, -0.1) is 0 Å². The number of para-hydroxylation sites is 1. The molecule has 0 saturated carbocycles. The van der Waals surface area contributed by atoms with Crippen molar-refractivity contribution < 1.29 is 4.74 Å². The molecule has 3 aliphatic carbocycles. The summed E-state index contributed by atoms with van der Waals surface area (Å²) in [7, 11) is 0. The van der Waals surface area contributed by atoms with Crippen LogP contribution < -0.4 is 9.64 Å². The van der Waals surface area contributed by atoms with Gasteiger partial charge in [0.1, 0.15) is 11.5 Å². The monoisotopic (exact) mass is 711 g/mol. The van der Waals surface area contributed by atoms with Gasteiger partial charge in [0.15, 0.2) is 0 Å². The molecule has 4 aliphatic rings. The molecule has 1 heterocycles. The van der Waals surface area contributed by atoms with E-state index in [0.29, 0.717) is 0 Å². The lowest BCUT2D eigenvalue weighted by molar-refractivity contribution is 0.418. The Morgan fingerprint density at radius 3 is 1.55 bits per heavy atom. The Balaban J connectivity index is 1.15. The maximum absolute atomic E-state index is 6.58. The molecule has 0 amide bonds. The molecule has 0 aromatic heterocycles. The van der Waals surface area contributed by atoms with Crippen LogP contribution >= 0.6 is 0 Å². The molecule has 55 heavy (non-hydrogen) atoms. The Kier molecular flexibility index (Phi) is 6.44. The molecular weight excluding hydrogens is 667 g/mol. The standard InChI is InChI=1S/C53H45NO/c1-50(2)32-53(43-20-12-11-19-42(43)50)41-18-10-8-16-37(41)39-27-24-34(30-46(39)53)54(33-23-26-38-36-15-7-9-17-40(36)51(3,4)45(38)29-33)35-25-28-49-47(31-35)52(5,6)44-21-13-14-22-48(44)55-49/h7-31H,32H2,1-6H3. The fourth-order valence-electron chi connectivity index (χ4n) is 11.1. The average molecular weight is 712 g/mol. The van der Waals surface area contributed by atoms with Crippen molar-refractivity contribution >= 4 is 17.1 Å². The van der Waals surface area contributed by atoms with E-state index in [1.54, 1.807) is 0 Å². The Morgan fingerprint density at radius 2 is 0.836 bits per heavy atom. The Labute approximate surface area is 325 Å². The van der Waals surface area contributed by atoms with Crippen LogP contribution in [0.1, 0.15) is 92.5 Å². The molecule has 0 radical (unpaired) electrons. The van der Waals surface area contributed by atoms with Gasteiger partial charge in [-0.05, 0) is 116 Å². The molecule has 0 bridgehead atoms. The summed E-state index contributed by atoms with van der Waals surface area (Å²) in [6.07, 6.45) is 1.03. The normalized spacial score (nSPS) is 19.3. The largest absolute Gasteiger partial charge is 0.457 e. The fraction of sp³-hybridized carbons (Fsp3) is 0.208. The van der Waals surface area contributed by atoms with Gasteiger partial charge in [-0.25, -0.2) is 0 Å². The minimum Gasteiger partial charge on any atom is -0.457 e. The highest BCUT2D eigenvalue weighted by atomic mass is 16.5. The van der Waals surface area contributed by atoms with Crippen LogP contribution in [-0.2, 0) is 21.7 Å². The maximum Gasteiger partial charge on any atom is 0.131 e. The van der Waals surface area contributed by atoms with Crippen molar-refractivity contribution in [1.29, 1.82) is 0 Å². The van der Waals surface area contributed by atoms with Gasteiger partial charge in [0, 0.05) is 44.4 Å². The van der Waals surface area contributed by atoms with Gasteiger partial charge in [0.05, 0.1) is 0 Å². The topological polar surface area (TPSA) is 12.5 Å². The Bertz CT molecular complexity index is 2770. The Hall–Kier alpha value is -5.86. The molecule has 268 valence electrons. The fourth-order valence-corrected chi connectivity index (χ4v) is 11.1. The number of hydrogen-bond acceptors (Lipinski definition) is 2. The van der Waals surface area contributed by atoms with Crippen LogP contribution in [0, 0.1) is 0 Å². The second-order valence-corrected chi connectivity index (χ2v) is 17.9. The first-order valence-electron chi connectivity index (χ1n) is 19.8. The number of rotatable bonds is 3. The quantitative estimate of drug-likeness (QED) is 0.181. The predicted octanol–water partition coefficient (Wildman–Crippen LogP) is 13.9. The number of hydrogen-bond donors (Lipinski definition) is 0. The van der Waals surface area contributed by atoms with Crippen molar-refractivity contribution in [3.8, 4) is 33.8 Å². The summed E-state index contributed by atoms with van der Waals surface area (Å²) < 4.78 is 6.58. The average Bonchev–Trinajstić information content (AvgIpc) is 3.71. The zero-order valence-electron chi connectivity index (χ0n) is 32.5. The second kappa shape index (κ2) is 10.9. The minimum absolute atomic E-state index is 0.0297. The number of anilines is 3. The zero-order valence-corrected chi connectivity index (χ0v) is 32.5. The predicted molar refractivity (Wildman–Crippen MR) is 227 cm³/mol. The van der Waals surface area contributed by atoms with Gasteiger partial charge < -0.3 is 9.64 Å². The third kappa shape index (κ3) is 4.26. The SMILES string of the molecule is CC1(C)CC2(c3ccccc3-c3ccc(N(c4ccc5c(c4)C(C)(C)c4ccccc4O5)c4ccc5c(c4)C(C)(C)c4ccccc4-5)cc32)c2ccccc21. The van der Waals surface area contributed by atoms with Crippen molar-refractivity contribution in [3.63, 3.8) is 0 Å². The third-order valence-electron chi connectivity index (χ3n) is 13.7. The summed E-state index contributed by atoms with van der Waals surface area (Å²) in [6, 6.07) is 57.0. The van der Waals surface area contributed by atoms with E-state index in [1.165, 1.54) is 66.8 Å². The molecule has 1 atom stereocenters. The van der Waals surface area contributed by atoms with E-state index in [2.05, 4.69) is 198 Å². The van der Waals surface area contributed by atoms with Crippen LogP contribution in [0.25, 0.3) is 22.3 Å². The van der Waals surface area contributed by atoms with Crippen LogP contribution in [0.4, 0.5) is 17.1 Å². The van der Waals surface area contributed by atoms with Crippen molar-refractivity contribution in [2.45, 2.75) is 69.6 Å². The van der Waals surface area contributed by atoms with E-state index >= 15 is 0 Å². The Morgan fingerprint density at radius 1 is 0.382 bits per heavy atom. The third-order valence-corrected chi connectivity index (χ3v) is 13.7. The first-order chi connectivity index (χ1) is 26.5. The van der Waals surface area contributed by atoms with Gasteiger partial charge >= 0.3 is 0 Å². The summed E-state index contributed by atoms with van der Waals surface area (Å²) in [5.74, 6) is 1.86. The van der Waals surface area contributed by atoms with Crippen LogP contribution in [0.2, 0.25) is 0 Å². The summed E-state index contributed by atoms with van der Waals surface area (Å²) >= 11 is 0. The number of benzene rings is 7. The molecule has 11 rings (SSSR count). The summed E-state index contributed by atoms with van der Waals surface area (Å²) in [5.41, 5.74) is 19.1. The molecule has 7 aromatic rings. The molecular formula is C53H45NO. The zero-order chi connectivity index (χ0) is 37.5. The number of nitrogens with zero attached hydrogens (tertiary/aromatic N) is 1. The highest BCUT2D eigenvalue weighted by molar-refractivity contribution is 5.90. The van der Waals surface area contributed by atoms with Crippen LogP contribution in [0.5, 0.6) is 11.5 Å². The van der Waals surface area contributed by atoms with E-state index in [0.717, 1.165) is 35.0 Å². The van der Waals surface area contributed by atoms with Crippen LogP contribution in [0.3, 0.4) is 0 Å². The van der Waals surface area contributed by atoms with Gasteiger partial charge in [-0.2, -0.15) is 0 Å². The molecule has 1 unspecified atom stereocenters. The molecule has 2 heteroatoms. The first kappa shape index (κ1) is 32.6. The highest BCUT2D eigenvalue weighted by Crippen LogP contribution is 2.63. The van der Waals surface area contributed by atoms with E-state index in [9.17, 15) is 0 Å². The smallest absolute Gasteiger partial charge is 0.131 e. The minimum atomic E-state index is -0.240.